The smallest absolute Gasteiger partial charge is 0.416 e. The van der Waals surface area contributed by atoms with Crippen molar-refractivity contribution in [3.05, 3.63) is 65.7 Å². The highest BCUT2D eigenvalue weighted by atomic mass is 19.4. The zero-order valence-electron chi connectivity index (χ0n) is 12.2. The fourth-order valence-corrected chi connectivity index (χ4v) is 1.90. The summed E-state index contributed by atoms with van der Waals surface area (Å²) in [5.74, 6) is 0.168. The Hall–Kier alpha value is -2.76. The molecular weight excluding hydrogens is 307 g/mol. The predicted molar refractivity (Wildman–Crippen MR) is 82.1 cm³/mol. The second-order valence-corrected chi connectivity index (χ2v) is 4.64. The van der Waals surface area contributed by atoms with Gasteiger partial charge in [-0.05, 0) is 36.4 Å². The van der Waals surface area contributed by atoms with E-state index in [2.05, 4.69) is 5.32 Å². The van der Waals surface area contributed by atoms with Crippen LogP contribution in [0, 0.1) is 0 Å². The van der Waals surface area contributed by atoms with Crippen LogP contribution in [0.5, 0.6) is 5.75 Å². The van der Waals surface area contributed by atoms with Crippen molar-refractivity contribution in [1.82, 2.24) is 0 Å². The third-order valence-electron chi connectivity index (χ3n) is 3.03. The predicted octanol–water partition coefficient (Wildman–Crippen LogP) is 4.37. The topological polar surface area (TPSA) is 38.3 Å². The van der Waals surface area contributed by atoms with Gasteiger partial charge in [0.05, 0.1) is 12.7 Å². The Morgan fingerprint density at radius 3 is 2.35 bits per heavy atom. The van der Waals surface area contributed by atoms with E-state index < -0.39 is 17.6 Å². The summed E-state index contributed by atoms with van der Waals surface area (Å²) in [7, 11) is 1.52. The lowest BCUT2D eigenvalue weighted by molar-refractivity contribution is -0.137. The summed E-state index contributed by atoms with van der Waals surface area (Å²) in [5.41, 5.74) is 0.241. The van der Waals surface area contributed by atoms with E-state index in [9.17, 15) is 18.0 Å². The molecule has 0 saturated heterocycles. The molecule has 0 spiro atoms. The molecule has 0 aliphatic carbocycles. The molecule has 0 aliphatic rings. The van der Waals surface area contributed by atoms with Gasteiger partial charge in [0.1, 0.15) is 5.75 Å². The second kappa shape index (κ2) is 7.00. The first kappa shape index (κ1) is 16.6. The number of alkyl halides is 3. The maximum absolute atomic E-state index is 12.5. The number of rotatable bonds is 4. The summed E-state index contributed by atoms with van der Waals surface area (Å²) in [6, 6.07) is 11.4. The van der Waals surface area contributed by atoms with E-state index in [-0.39, 0.29) is 5.69 Å². The zero-order valence-corrected chi connectivity index (χ0v) is 12.2. The first-order chi connectivity index (χ1) is 10.9. The highest BCUT2D eigenvalue weighted by Gasteiger charge is 2.29. The lowest BCUT2D eigenvalue weighted by Crippen LogP contribution is -2.09. The van der Waals surface area contributed by atoms with Gasteiger partial charge in [-0.15, -0.1) is 0 Å². The molecule has 1 amide bonds. The van der Waals surface area contributed by atoms with E-state index in [0.29, 0.717) is 5.75 Å². The SMILES string of the molecule is COc1ccccc1C=CC(=O)Nc1ccc(C(F)(F)F)cc1. The van der Waals surface area contributed by atoms with Crippen LogP contribution in [0.2, 0.25) is 0 Å². The van der Waals surface area contributed by atoms with Crippen molar-refractivity contribution in [3.63, 3.8) is 0 Å². The molecule has 2 aromatic rings. The lowest BCUT2D eigenvalue weighted by atomic mass is 10.2. The standard InChI is InChI=1S/C17H14F3NO2/c1-23-15-5-3-2-4-12(15)6-11-16(22)21-14-9-7-13(8-10-14)17(18,19)20/h2-11H,1H3,(H,21,22). The molecule has 0 saturated carbocycles. The molecule has 2 aromatic carbocycles. The van der Waals surface area contributed by atoms with E-state index in [1.165, 1.54) is 25.3 Å². The Kier molecular flexibility index (Phi) is 5.05. The number of carbonyl (C=O) groups excluding carboxylic acids is 1. The van der Waals surface area contributed by atoms with Gasteiger partial charge in [-0.25, -0.2) is 0 Å². The maximum atomic E-state index is 12.5. The van der Waals surface area contributed by atoms with Crippen LogP contribution in [0.4, 0.5) is 18.9 Å². The Labute approximate surface area is 131 Å². The van der Waals surface area contributed by atoms with Crippen molar-refractivity contribution < 1.29 is 22.7 Å². The molecule has 1 N–H and O–H groups in total. The van der Waals surface area contributed by atoms with Gasteiger partial charge >= 0.3 is 6.18 Å². The number of para-hydroxylation sites is 1. The average molecular weight is 321 g/mol. The molecule has 0 aliphatic heterocycles. The second-order valence-electron chi connectivity index (χ2n) is 4.64. The minimum Gasteiger partial charge on any atom is -0.496 e. The first-order valence-corrected chi connectivity index (χ1v) is 6.69. The number of ether oxygens (including phenoxy) is 1. The van der Waals surface area contributed by atoms with E-state index in [4.69, 9.17) is 4.74 Å². The third kappa shape index (κ3) is 4.60. The van der Waals surface area contributed by atoms with Crippen LogP contribution in [0.3, 0.4) is 0 Å². The fourth-order valence-electron chi connectivity index (χ4n) is 1.90. The average Bonchev–Trinajstić information content (AvgIpc) is 2.53. The van der Waals surface area contributed by atoms with Crippen LogP contribution >= 0.6 is 0 Å². The summed E-state index contributed by atoms with van der Waals surface area (Å²) < 4.78 is 42.5. The van der Waals surface area contributed by atoms with Crippen LogP contribution in [-0.2, 0) is 11.0 Å². The molecule has 0 fully saturated rings. The van der Waals surface area contributed by atoms with E-state index in [0.717, 1.165) is 17.7 Å². The van der Waals surface area contributed by atoms with Gasteiger partial charge < -0.3 is 10.1 Å². The molecular formula is C17H14F3NO2. The van der Waals surface area contributed by atoms with E-state index in [1.54, 1.807) is 30.3 Å². The zero-order chi connectivity index (χ0) is 16.9. The Morgan fingerprint density at radius 1 is 1.09 bits per heavy atom. The van der Waals surface area contributed by atoms with Gasteiger partial charge in [0.15, 0.2) is 0 Å². The number of carbonyl (C=O) groups is 1. The van der Waals surface area contributed by atoms with Gasteiger partial charge in [0, 0.05) is 17.3 Å². The molecule has 0 unspecified atom stereocenters. The van der Waals surface area contributed by atoms with Gasteiger partial charge in [-0.2, -0.15) is 13.2 Å². The number of amides is 1. The minimum absolute atomic E-state index is 0.285. The van der Waals surface area contributed by atoms with Crippen molar-refractivity contribution in [1.29, 1.82) is 0 Å². The summed E-state index contributed by atoms with van der Waals surface area (Å²) in [6.07, 6.45) is -1.54. The molecule has 0 heterocycles. The van der Waals surface area contributed by atoms with Crippen LogP contribution in [0.1, 0.15) is 11.1 Å². The molecule has 23 heavy (non-hydrogen) atoms. The summed E-state index contributed by atoms with van der Waals surface area (Å²) >= 11 is 0. The molecule has 3 nitrogen and oxygen atoms in total. The largest absolute Gasteiger partial charge is 0.496 e. The van der Waals surface area contributed by atoms with Gasteiger partial charge in [-0.3, -0.25) is 4.79 Å². The maximum Gasteiger partial charge on any atom is 0.416 e. The van der Waals surface area contributed by atoms with Gasteiger partial charge in [0.2, 0.25) is 5.91 Å². The Balaban J connectivity index is 2.03. The molecule has 2 rings (SSSR count). The summed E-state index contributed by atoms with van der Waals surface area (Å²) in [4.78, 5) is 11.8. The quantitative estimate of drug-likeness (QED) is 0.850. The number of benzene rings is 2. The number of hydrogen-bond acceptors (Lipinski definition) is 2. The highest BCUT2D eigenvalue weighted by Crippen LogP contribution is 2.29. The molecule has 0 bridgehead atoms. The van der Waals surface area contributed by atoms with Crippen LogP contribution in [-0.4, -0.2) is 13.0 Å². The monoisotopic (exact) mass is 321 g/mol. The number of anilines is 1. The number of hydrogen-bond donors (Lipinski definition) is 1. The minimum atomic E-state index is -4.40. The Bertz CT molecular complexity index is 707. The third-order valence-corrected chi connectivity index (χ3v) is 3.03. The number of halogens is 3. The van der Waals surface area contributed by atoms with Gasteiger partial charge in [0.25, 0.3) is 0 Å². The molecule has 0 atom stereocenters. The van der Waals surface area contributed by atoms with Crippen molar-refractivity contribution >= 4 is 17.7 Å². The number of methoxy groups -OCH3 is 1. The summed E-state index contributed by atoms with van der Waals surface area (Å²) in [5, 5.41) is 2.49. The van der Waals surface area contributed by atoms with Gasteiger partial charge in [-0.1, -0.05) is 18.2 Å². The summed E-state index contributed by atoms with van der Waals surface area (Å²) in [6.45, 7) is 0. The first-order valence-electron chi connectivity index (χ1n) is 6.69. The molecule has 6 heteroatoms. The fraction of sp³-hybridized carbons (Fsp3) is 0.118. The van der Waals surface area contributed by atoms with Crippen LogP contribution in [0.25, 0.3) is 6.08 Å². The van der Waals surface area contributed by atoms with E-state index >= 15 is 0 Å². The van der Waals surface area contributed by atoms with Crippen molar-refractivity contribution in [2.75, 3.05) is 12.4 Å². The van der Waals surface area contributed by atoms with Crippen LogP contribution in [0.15, 0.2) is 54.6 Å². The van der Waals surface area contributed by atoms with Crippen molar-refractivity contribution in [3.8, 4) is 5.75 Å². The molecule has 0 radical (unpaired) electrons. The molecule has 0 aromatic heterocycles. The van der Waals surface area contributed by atoms with E-state index in [1.807, 2.05) is 0 Å². The van der Waals surface area contributed by atoms with Crippen molar-refractivity contribution in [2.45, 2.75) is 6.18 Å². The highest BCUT2D eigenvalue weighted by molar-refractivity contribution is 6.02. The van der Waals surface area contributed by atoms with Crippen molar-refractivity contribution in [2.24, 2.45) is 0 Å². The lowest BCUT2D eigenvalue weighted by Gasteiger charge is -2.08. The van der Waals surface area contributed by atoms with Crippen LogP contribution < -0.4 is 10.1 Å². The normalized spacial score (nSPS) is 11.5. The Morgan fingerprint density at radius 2 is 1.74 bits per heavy atom. The number of nitrogens with one attached hydrogen (secondary N) is 1. The molecule has 120 valence electrons.